The lowest BCUT2D eigenvalue weighted by Crippen LogP contribution is -2.49. The summed E-state index contributed by atoms with van der Waals surface area (Å²) < 4.78 is 19.9. The molecule has 1 saturated heterocycles. The van der Waals surface area contributed by atoms with Crippen molar-refractivity contribution in [2.75, 3.05) is 7.11 Å². The quantitative estimate of drug-likeness (QED) is 0.123. The number of aromatic nitrogens is 2. The molecule has 45 heavy (non-hydrogen) atoms. The molecule has 4 atom stereocenters. The maximum Gasteiger partial charge on any atom is 0.234 e. The van der Waals surface area contributed by atoms with Crippen molar-refractivity contribution in [1.29, 1.82) is 0 Å². The normalized spacial score (nSPS) is 17.6. The minimum atomic E-state index is -0.898. The fraction of sp³-hybridized carbons (Fsp3) is 0.257. The number of nitrogens with one attached hydrogen (secondary N) is 1. The minimum absolute atomic E-state index is 0.113. The molecule has 0 saturated carbocycles. The Labute approximate surface area is 262 Å². The number of amides is 1. The van der Waals surface area contributed by atoms with Crippen LogP contribution in [0.25, 0.3) is 27.7 Å². The van der Waals surface area contributed by atoms with Crippen LogP contribution in [0.15, 0.2) is 103 Å². The van der Waals surface area contributed by atoms with Crippen LogP contribution in [-0.4, -0.2) is 40.9 Å². The monoisotopic (exact) mass is 605 g/mol. The maximum atomic E-state index is 12.3. The van der Waals surface area contributed by atoms with Crippen LogP contribution < -0.4 is 26.5 Å². The molecule has 2 unspecified atom stereocenters. The lowest BCUT2D eigenvalue weighted by Gasteiger charge is -2.41. The van der Waals surface area contributed by atoms with Crippen molar-refractivity contribution >= 4 is 16.9 Å². The van der Waals surface area contributed by atoms with E-state index in [1.165, 1.54) is 0 Å². The highest BCUT2D eigenvalue weighted by atomic mass is 16.5. The summed E-state index contributed by atoms with van der Waals surface area (Å²) >= 11 is 0. The lowest BCUT2D eigenvalue weighted by molar-refractivity contribution is -0.120. The summed E-state index contributed by atoms with van der Waals surface area (Å²) in [6.07, 6.45) is 0.941. The summed E-state index contributed by atoms with van der Waals surface area (Å²) in [5, 5.41) is 4.92. The maximum absolute atomic E-state index is 12.3. The molecule has 5 N–H and O–H groups in total. The van der Waals surface area contributed by atoms with Crippen LogP contribution in [0.3, 0.4) is 0 Å². The Morgan fingerprint density at radius 3 is 2.40 bits per heavy atom. The van der Waals surface area contributed by atoms with E-state index < -0.39 is 24.2 Å². The average Bonchev–Trinajstić information content (AvgIpc) is 3.68. The lowest BCUT2D eigenvalue weighted by atomic mass is 9.98. The highest BCUT2D eigenvalue weighted by Crippen LogP contribution is 2.36. The molecule has 1 aliphatic rings. The van der Waals surface area contributed by atoms with E-state index in [-0.39, 0.29) is 6.10 Å². The average molecular weight is 606 g/mol. The Morgan fingerprint density at radius 2 is 1.69 bits per heavy atom. The first kappa shape index (κ1) is 30.3. The van der Waals surface area contributed by atoms with Gasteiger partial charge in [-0.15, -0.1) is 0 Å². The van der Waals surface area contributed by atoms with E-state index in [0.717, 1.165) is 45.7 Å². The molecule has 1 amide bonds. The first-order valence-corrected chi connectivity index (χ1v) is 15.0. The third kappa shape index (κ3) is 7.00. The number of hydrazine groups is 1. The number of benzene rings is 4. The van der Waals surface area contributed by atoms with E-state index in [4.69, 9.17) is 36.1 Å². The zero-order chi connectivity index (χ0) is 31.2. The second-order valence-corrected chi connectivity index (χ2v) is 11.0. The molecule has 5 aromatic rings. The topological polar surface area (TPSA) is 141 Å². The Bertz CT molecular complexity index is 1710. The van der Waals surface area contributed by atoms with E-state index >= 15 is 0 Å². The number of primary amides is 1. The van der Waals surface area contributed by atoms with Gasteiger partial charge in [0.05, 0.1) is 36.8 Å². The Hall–Kier alpha value is -4.74. The highest BCUT2D eigenvalue weighted by molar-refractivity contribution is 5.82. The first-order chi connectivity index (χ1) is 22.0. The molecule has 0 spiro atoms. The molecule has 0 aliphatic carbocycles. The number of rotatable bonds is 13. The van der Waals surface area contributed by atoms with E-state index in [2.05, 4.69) is 16.1 Å². The Balaban J connectivity index is 1.18. The molecule has 1 fully saturated rings. The number of methoxy groups -OCH3 is 1. The summed E-state index contributed by atoms with van der Waals surface area (Å²) in [6, 6.07) is 32.0. The van der Waals surface area contributed by atoms with Gasteiger partial charge in [0.2, 0.25) is 5.91 Å². The smallest absolute Gasteiger partial charge is 0.234 e. The van der Waals surface area contributed by atoms with Crippen LogP contribution in [-0.2, 0) is 22.7 Å². The van der Waals surface area contributed by atoms with Crippen molar-refractivity contribution in [2.24, 2.45) is 11.6 Å². The van der Waals surface area contributed by atoms with Crippen LogP contribution in [0, 0.1) is 0 Å². The van der Waals surface area contributed by atoms with Gasteiger partial charge in [-0.2, -0.15) is 0 Å². The first-order valence-electron chi connectivity index (χ1n) is 15.0. The molecule has 0 radical (unpaired) electrons. The van der Waals surface area contributed by atoms with Crippen molar-refractivity contribution in [3.8, 4) is 22.9 Å². The molecule has 10 heteroatoms. The number of nitrogens with two attached hydrogens (primary N) is 2. The second-order valence-electron chi connectivity index (χ2n) is 11.0. The van der Waals surface area contributed by atoms with Gasteiger partial charge in [0.15, 0.2) is 0 Å². The van der Waals surface area contributed by atoms with Gasteiger partial charge >= 0.3 is 0 Å². The number of fused-ring (bicyclic) bond motifs is 1. The number of nitrogens with zero attached hydrogens (tertiary/aromatic N) is 3. The molecule has 0 bridgehead atoms. The molecule has 2 heterocycles. The Kier molecular flexibility index (Phi) is 9.37. The largest absolute Gasteiger partial charge is 0.628 e. The summed E-state index contributed by atoms with van der Waals surface area (Å²) in [5.41, 5.74) is 13.0. The fourth-order valence-electron chi connectivity index (χ4n) is 5.73. The summed E-state index contributed by atoms with van der Waals surface area (Å²) in [6.45, 7) is 1.10. The van der Waals surface area contributed by atoms with Crippen molar-refractivity contribution in [1.82, 2.24) is 15.0 Å². The van der Waals surface area contributed by atoms with Crippen LogP contribution in [0.2, 0.25) is 0 Å². The summed E-state index contributed by atoms with van der Waals surface area (Å²) in [5.74, 6) is 7.49. The number of hydrogen-bond donors (Lipinski definition) is 3. The van der Waals surface area contributed by atoms with Gasteiger partial charge < -0.3 is 29.8 Å². The number of carbonyl (C=O) groups excluding carboxylic acids is 1. The zero-order valence-corrected chi connectivity index (χ0v) is 25.1. The van der Waals surface area contributed by atoms with E-state index in [1.54, 1.807) is 7.11 Å². The van der Waals surface area contributed by atoms with Crippen molar-refractivity contribution in [2.45, 2.75) is 50.4 Å². The Morgan fingerprint density at radius 1 is 0.978 bits per heavy atom. The van der Waals surface area contributed by atoms with Crippen LogP contribution in [0.4, 0.5) is 0 Å². The summed E-state index contributed by atoms with van der Waals surface area (Å²) in [4.78, 5) is 17.3. The molecule has 4 aromatic carbocycles. The molecule has 10 nitrogen and oxygen atoms in total. The van der Waals surface area contributed by atoms with Crippen LogP contribution in [0.5, 0.6) is 11.5 Å². The third-order valence-electron chi connectivity index (χ3n) is 8.07. The van der Waals surface area contributed by atoms with Gasteiger partial charge in [-0.1, -0.05) is 66.2 Å². The number of imidazole rings is 1. The van der Waals surface area contributed by atoms with Gasteiger partial charge in [-0.05, 0) is 73.2 Å². The van der Waals surface area contributed by atoms with Gasteiger partial charge in [-0.25, -0.2) is 10.4 Å². The van der Waals surface area contributed by atoms with Crippen molar-refractivity contribution in [3.63, 3.8) is 0 Å². The molecule has 6 rings (SSSR count). The molecule has 1 aromatic heterocycles. The zero-order valence-electron chi connectivity index (χ0n) is 25.1. The predicted molar refractivity (Wildman–Crippen MR) is 173 cm³/mol. The van der Waals surface area contributed by atoms with Crippen molar-refractivity contribution in [3.05, 3.63) is 120 Å². The number of para-hydroxylation sites is 2. The number of ether oxygens (including phenoxy) is 3. The highest BCUT2D eigenvalue weighted by Gasteiger charge is 2.27. The van der Waals surface area contributed by atoms with Gasteiger partial charge in [-0.3, -0.25) is 10.6 Å². The van der Waals surface area contributed by atoms with Gasteiger partial charge in [0.1, 0.15) is 23.9 Å². The minimum Gasteiger partial charge on any atom is -0.628 e. The van der Waals surface area contributed by atoms with Crippen molar-refractivity contribution < 1.29 is 19.0 Å². The molecular formula is C35H37N6O4-. The number of carbonyl (C=O) groups is 1. The third-order valence-corrected chi connectivity index (χ3v) is 8.07. The van der Waals surface area contributed by atoms with E-state index in [9.17, 15) is 4.79 Å². The predicted octanol–water partition coefficient (Wildman–Crippen LogP) is 5.23. The van der Waals surface area contributed by atoms with Crippen LogP contribution >= 0.6 is 0 Å². The van der Waals surface area contributed by atoms with Gasteiger partial charge in [0.25, 0.3) is 0 Å². The van der Waals surface area contributed by atoms with Gasteiger partial charge in [0, 0.05) is 5.56 Å². The SMILES string of the molecule is COc1ccc(C([N-][C@H]2CC[C@@H](Cn3c(-c4ccc(OCc5ccccc5)cc4)nc4ccccc43)O2)C(NN)C(N)=O)cc1. The molecule has 1 aliphatic heterocycles. The fourth-order valence-corrected chi connectivity index (χ4v) is 5.73. The standard InChI is InChI=1S/C35H37N6O4/c1-43-26-15-11-24(12-16-26)32(33(40-37)34(36)42)39-31-20-19-28(45-31)21-41-30-10-6-5-9-29(30)38-35(41)25-13-17-27(18-14-25)44-22-23-7-3-2-4-8-23/h2-18,28,31-33,40H,19-22,37H2,1H3,(H2,36,42)/q-1/t28-,31+,32?,33?/m0/s1. The molecule has 232 valence electrons. The van der Waals surface area contributed by atoms with E-state index in [1.807, 2.05) is 97.1 Å². The second kappa shape index (κ2) is 13.9. The number of hydrogen-bond acceptors (Lipinski definition) is 7. The van der Waals surface area contributed by atoms with E-state index in [0.29, 0.717) is 25.3 Å². The molecular weight excluding hydrogens is 568 g/mol. The summed E-state index contributed by atoms with van der Waals surface area (Å²) in [7, 11) is 1.60. The van der Waals surface area contributed by atoms with Crippen LogP contribution in [0.1, 0.15) is 30.0 Å².